The lowest BCUT2D eigenvalue weighted by Crippen LogP contribution is -2.36. The van der Waals surface area contributed by atoms with Gasteiger partial charge in [-0.25, -0.2) is 4.79 Å². The number of hydrogen-bond donors (Lipinski definition) is 1. The van der Waals surface area contributed by atoms with E-state index >= 15 is 0 Å². The van der Waals surface area contributed by atoms with Gasteiger partial charge in [0.15, 0.2) is 0 Å². The first kappa shape index (κ1) is 19.8. The third-order valence-electron chi connectivity index (χ3n) is 5.39. The number of rotatable bonds is 5. The highest BCUT2D eigenvalue weighted by Gasteiger charge is 2.30. The molecule has 1 aliphatic heterocycles. The number of carbonyl (C=O) groups is 1. The van der Waals surface area contributed by atoms with Gasteiger partial charge in [-0.1, -0.05) is 30.3 Å². The molecule has 0 unspecified atom stereocenters. The molecule has 0 fully saturated rings. The van der Waals surface area contributed by atoms with E-state index in [2.05, 4.69) is 0 Å². The van der Waals surface area contributed by atoms with Gasteiger partial charge >= 0.3 is 5.97 Å². The van der Waals surface area contributed by atoms with Gasteiger partial charge in [-0.05, 0) is 25.1 Å². The normalized spacial score (nSPS) is 13.2. The molecule has 1 heterocycles. The minimum atomic E-state index is -0.367. The highest BCUT2D eigenvalue weighted by Crippen LogP contribution is 2.44. The number of methoxy groups -OCH3 is 2. The van der Waals surface area contributed by atoms with Crippen LogP contribution < -0.4 is 14.4 Å². The van der Waals surface area contributed by atoms with Gasteiger partial charge in [-0.15, -0.1) is 0 Å². The van der Waals surface area contributed by atoms with E-state index in [1.165, 1.54) is 0 Å². The molecule has 0 saturated carbocycles. The average Bonchev–Trinajstić information content (AvgIpc) is 2.77. The number of anilines is 1. The second-order valence-corrected chi connectivity index (χ2v) is 7.05. The second kappa shape index (κ2) is 8.06. The number of carbonyl (C=O) groups excluding carboxylic acids is 1. The Morgan fingerprint density at radius 1 is 1.00 bits per heavy atom. The van der Waals surface area contributed by atoms with E-state index < -0.39 is 0 Å². The van der Waals surface area contributed by atoms with Crippen LogP contribution in [0.25, 0.3) is 10.8 Å². The van der Waals surface area contributed by atoms with Crippen molar-refractivity contribution in [3.05, 3.63) is 65.2 Å². The number of fused-ring (bicyclic) bond motifs is 2. The molecular weight excluding hydrogens is 380 g/mol. The first-order chi connectivity index (χ1) is 14.6. The Hall–Kier alpha value is -3.54. The largest absolute Gasteiger partial charge is 0.496 e. The van der Waals surface area contributed by atoms with E-state index in [1.807, 2.05) is 41.3 Å². The van der Waals surface area contributed by atoms with Crippen molar-refractivity contribution in [2.75, 3.05) is 25.7 Å². The summed E-state index contributed by atoms with van der Waals surface area (Å²) in [5.41, 5.74) is 3.20. The molecule has 154 valence electrons. The topological polar surface area (TPSA) is 71.8 Å². The highest BCUT2D eigenvalue weighted by atomic mass is 16.5. The first-order valence-electron chi connectivity index (χ1n) is 9.85. The Bertz CT molecular complexity index is 1140. The van der Waals surface area contributed by atoms with Crippen molar-refractivity contribution in [3.63, 3.8) is 0 Å². The molecule has 3 aromatic rings. The van der Waals surface area contributed by atoms with Crippen LogP contribution in [0, 0.1) is 5.41 Å². The van der Waals surface area contributed by atoms with Gasteiger partial charge in [-0.3, -0.25) is 5.41 Å². The van der Waals surface area contributed by atoms with Crippen LogP contribution in [0.2, 0.25) is 0 Å². The molecule has 1 aliphatic rings. The van der Waals surface area contributed by atoms with Gasteiger partial charge in [0.05, 0.1) is 32.9 Å². The SMILES string of the molecule is CCOC(=O)c1cccc(N2Cc3c(c(OC)c4ccccc4c3OC)CC2=N)c1. The summed E-state index contributed by atoms with van der Waals surface area (Å²) in [7, 11) is 3.33. The fourth-order valence-corrected chi connectivity index (χ4v) is 4.08. The van der Waals surface area contributed by atoms with Crippen LogP contribution in [0.1, 0.15) is 28.4 Å². The predicted molar refractivity (Wildman–Crippen MR) is 117 cm³/mol. The standard InChI is InChI=1S/C24H24N2O4/c1-4-30-24(27)15-8-7-9-16(12-15)26-14-20-19(13-21(26)25)22(28-2)17-10-5-6-11-18(17)23(20)29-3/h5-12,25H,4,13-14H2,1-3H3. The van der Waals surface area contributed by atoms with Gasteiger partial charge in [0.1, 0.15) is 17.3 Å². The van der Waals surface area contributed by atoms with Gasteiger partial charge < -0.3 is 19.1 Å². The molecule has 0 aromatic heterocycles. The van der Waals surface area contributed by atoms with E-state index in [0.29, 0.717) is 31.0 Å². The number of esters is 1. The zero-order chi connectivity index (χ0) is 21.3. The zero-order valence-corrected chi connectivity index (χ0v) is 17.3. The fraction of sp³-hybridized carbons (Fsp3) is 0.250. The summed E-state index contributed by atoms with van der Waals surface area (Å²) < 4.78 is 16.7. The molecule has 3 aromatic carbocycles. The summed E-state index contributed by atoms with van der Waals surface area (Å²) in [6, 6.07) is 15.2. The summed E-state index contributed by atoms with van der Waals surface area (Å²) in [5, 5.41) is 10.6. The third kappa shape index (κ3) is 3.24. The third-order valence-corrected chi connectivity index (χ3v) is 5.39. The van der Waals surface area contributed by atoms with E-state index in [9.17, 15) is 4.79 Å². The molecule has 0 amide bonds. The van der Waals surface area contributed by atoms with Gasteiger partial charge in [0, 0.05) is 34.0 Å². The molecule has 30 heavy (non-hydrogen) atoms. The quantitative estimate of drug-likeness (QED) is 0.631. The number of benzene rings is 3. The van der Waals surface area contributed by atoms with Crippen LogP contribution in [0.5, 0.6) is 11.5 Å². The summed E-state index contributed by atoms with van der Waals surface area (Å²) in [6.45, 7) is 2.55. The summed E-state index contributed by atoms with van der Waals surface area (Å²) in [5.74, 6) is 1.64. The van der Waals surface area contributed by atoms with E-state index in [-0.39, 0.29) is 5.97 Å². The Kier molecular flexibility index (Phi) is 5.31. The predicted octanol–water partition coefficient (Wildman–Crippen LogP) is 4.57. The maximum Gasteiger partial charge on any atom is 0.338 e. The zero-order valence-electron chi connectivity index (χ0n) is 17.3. The molecule has 0 spiro atoms. The molecule has 0 bridgehead atoms. The monoisotopic (exact) mass is 404 g/mol. The molecule has 0 atom stereocenters. The van der Waals surface area contributed by atoms with Crippen molar-refractivity contribution >= 4 is 28.3 Å². The van der Waals surface area contributed by atoms with Crippen molar-refractivity contribution < 1.29 is 19.0 Å². The van der Waals surface area contributed by atoms with Crippen molar-refractivity contribution in [1.82, 2.24) is 0 Å². The van der Waals surface area contributed by atoms with Crippen molar-refractivity contribution in [2.45, 2.75) is 19.9 Å². The van der Waals surface area contributed by atoms with Crippen molar-refractivity contribution in [2.24, 2.45) is 0 Å². The molecular formula is C24H24N2O4. The van der Waals surface area contributed by atoms with Crippen LogP contribution >= 0.6 is 0 Å². The molecule has 0 saturated heterocycles. The van der Waals surface area contributed by atoms with E-state index in [1.54, 1.807) is 33.3 Å². The highest BCUT2D eigenvalue weighted by molar-refractivity contribution is 6.04. The van der Waals surface area contributed by atoms with Crippen LogP contribution in [0.4, 0.5) is 5.69 Å². The Balaban J connectivity index is 1.82. The molecule has 0 aliphatic carbocycles. The molecule has 6 nitrogen and oxygen atoms in total. The van der Waals surface area contributed by atoms with Gasteiger partial charge in [-0.2, -0.15) is 0 Å². The van der Waals surface area contributed by atoms with Crippen LogP contribution in [0.3, 0.4) is 0 Å². The van der Waals surface area contributed by atoms with Crippen molar-refractivity contribution in [1.29, 1.82) is 5.41 Å². The second-order valence-electron chi connectivity index (χ2n) is 7.05. The van der Waals surface area contributed by atoms with Gasteiger partial charge in [0.2, 0.25) is 0 Å². The number of ether oxygens (including phenoxy) is 3. The Morgan fingerprint density at radius 3 is 2.30 bits per heavy atom. The summed E-state index contributed by atoms with van der Waals surface area (Å²) in [6.07, 6.45) is 0.406. The minimum absolute atomic E-state index is 0.319. The number of nitrogens with zero attached hydrogens (tertiary/aromatic N) is 1. The fourth-order valence-electron chi connectivity index (χ4n) is 4.08. The first-order valence-corrected chi connectivity index (χ1v) is 9.85. The molecule has 6 heteroatoms. The maximum absolute atomic E-state index is 12.2. The van der Waals surface area contributed by atoms with Gasteiger partial charge in [0.25, 0.3) is 0 Å². The van der Waals surface area contributed by atoms with Crippen molar-refractivity contribution in [3.8, 4) is 11.5 Å². The lowest BCUT2D eigenvalue weighted by atomic mass is 9.91. The number of hydrogen-bond acceptors (Lipinski definition) is 5. The molecule has 4 rings (SSSR count). The lowest BCUT2D eigenvalue weighted by molar-refractivity contribution is 0.0526. The van der Waals surface area contributed by atoms with E-state index in [0.717, 1.165) is 39.1 Å². The average molecular weight is 404 g/mol. The maximum atomic E-state index is 12.2. The number of amidine groups is 1. The minimum Gasteiger partial charge on any atom is -0.496 e. The molecule has 1 N–H and O–H groups in total. The summed E-state index contributed by atoms with van der Waals surface area (Å²) >= 11 is 0. The Labute approximate surface area is 175 Å². The smallest absolute Gasteiger partial charge is 0.338 e. The summed E-state index contributed by atoms with van der Waals surface area (Å²) in [4.78, 5) is 14.0. The van der Waals surface area contributed by atoms with Crippen LogP contribution in [-0.2, 0) is 17.7 Å². The Morgan fingerprint density at radius 2 is 1.67 bits per heavy atom. The van der Waals surface area contributed by atoms with Crippen LogP contribution in [-0.4, -0.2) is 32.6 Å². The number of nitrogens with one attached hydrogen (secondary N) is 1. The van der Waals surface area contributed by atoms with Crippen LogP contribution in [0.15, 0.2) is 48.5 Å². The lowest BCUT2D eigenvalue weighted by Gasteiger charge is -2.33. The van der Waals surface area contributed by atoms with E-state index in [4.69, 9.17) is 19.6 Å². The molecule has 0 radical (unpaired) electrons.